The van der Waals surface area contributed by atoms with Gasteiger partial charge in [0.25, 0.3) is 0 Å². The van der Waals surface area contributed by atoms with Gasteiger partial charge in [-0.25, -0.2) is 0 Å². The third-order valence-corrected chi connectivity index (χ3v) is 3.60. The molecule has 0 aliphatic carbocycles. The Balaban J connectivity index is 2.06. The first kappa shape index (κ1) is 14.8. The number of hydrogen-bond acceptors (Lipinski definition) is 2. The van der Waals surface area contributed by atoms with Crippen molar-refractivity contribution in [3.8, 4) is 0 Å². The van der Waals surface area contributed by atoms with Gasteiger partial charge in [-0.3, -0.25) is 4.68 Å². The third kappa shape index (κ3) is 3.70. The second kappa shape index (κ2) is 6.71. The minimum Gasteiger partial charge on any atom is -0.313 e. The van der Waals surface area contributed by atoms with Crippen molar-refractivity contribution < 1.29 is 0 Å². The number of aromatic nitrogens is 2. The highest BCUT2D eigenvalue weighted by atomic mass is 15.3. The average molecular weight is 271 g/mol. The van der Waals surface area contributed by atoms with E-state index in [0.29, 0.717) is 5.92 Å². The van der Waals surface area contributed by atoms with Gasteiger partial charge in [0.2, 0.25) is 0 Å². The fourth-order valence-corrected chi connectivity index (χ4v) is 2.27. The van der Waals surface area contributed by atoms with E-state index in [4.69, 9.17) is 0 Å². The summed E-state index contributed by atoms with van der Waals surface area (Å²) >= 11 is 0. The number of aryl methyl sites for hydroxylation is 1. The first-order chi connectivity index (χ1) is 9.60. The van der Waals surface area contributed by atoms with Gasteiger partial charge in [0.1, 0.15) is 0 Å². The van der Waals surface area contributed by atoms with Crippen LogP contribution in [0.3, 0.4) is 0 Å². The Bertz CT molecular complexity index is 538. The van der Waals surface area contributed by atoms with Crippen LogP contribution in [0.15, 0.2) is 30.5 Å². The number of benzene rings is 1. The Morgan fingerprint density at radius 1 is 1.20 bits per heavy atom. The van der Waals surface area contributed by atoms with Crippen LogP contribution >= 0.6 is 0 Å². The van der Waals surface area contributed by atoms with Crippen LogP contribution in [0.1, 0.15) is 49.1 Å². The number of rotatable bonds is 6. The molecule has 3 nitrogen and oxygen atoms in total. The fourth-order valence-electron chi connectivity index (χ4n) is 2.27. The highest BCUT2D eigenvalue weighted by molar-refractivity contribution is 5.25. The van der Waals surface area contributed by atoms with E-state index >= 15 is 0 Å². The van der Waals surface area contributed by atoms with Gasteiger partial charge in [0.15, 0.2) is 0 Å². The van der Waals surface area contributed by atoms with Gasteiger partial charge in [0, 0.05) is 18.3 Å². The van der Waals surface area contributed by atoms with Crippen molar-refractivity contribution in [2.45, 2.75) is 46.7 Å². The molecule has 0 atom stereocenters. The molecule has 0 unspecified atom stereocenters. The summed E-state index contributed by atoms with van der Waals surface area (Å²) in [6.07, 6.45) is 2.15. The van der Waals surface area contributed by atoms with Crippen molar-refractivity contribution in [3.63, 3.8) is 0 Å². The summed E-state index contributed by atoms with van der Waals surface area (Å²) in [4.78, 5) is 0. The van der Waals surface area contributed by atoms with Crippen molar-refractivity contribution in [1.82, 2.24) is 15.1 Å². The first-order valence-corrected chi connectivity index (χ1v) is 7.42. The van der Waals surface area contributed by atoms with Gasteiger partial charge in [-0.05, 0) is 30.5 Å². The lowest BCUT2D eigenvalue weighted by Gasteiger charge is -2.07. The molecule has 1 N–H and O–H groups in total. The second-order valence-corrected chi connectivity index (χ2v) is 5.61. The molecule has 0 saturated carbocycles. The van der Waals surface area contributed by atoms with E-state index in [1.165, 1.54) is 16.7 Å². The first-order valence-electron chi connectivity index (χ1n) is 7.42. The summed E-state index contributed by atoms with van der Waals surface area (Å²) < 4.78 is 2.03. The van der Waals surface area contributed by atoms with Crippen LogP contribution in [-0.2, 0) is 13.1 Å². The van der Waals surface area contributed by atoms with E-state index in [1.807, 2.05) is 4.68 Å². The standard InChI is InChI=1S/C17H25N3/c1-5-18-10-17-12-20(19-14(17)4)11-15-6-8-16(9-7-15)13(2)3/h6-9,12-13,18H,5,10-11H2,1-4H3. The van der Waals surface area contributed by atoms with Gasteiger partial charge in [0.05, 0.1) is 12.2 Å². The molecule has 1 heterocycles. The topological polar surface area (TPSA) is 29.9 Å². The zero-order valence-electron chi connectivity index (χ0n) is 13.0. The highest BCUT2D eigenvalue weighted by Gasteiger charge is 2.05. The molecule has 108 valence electrons. The Morgan fingerprint density at radius 3 is 2.50 bits per heavy atom. The lowest BCUT2D eigenvalue weighted by molar-refractivity contribution is 0.677. The minimum absolute atomic E-state index is 0.586. The molecule has 0 amide bonds. The van der Waals surface area contributed by atoms with E-state index < -0.39 is 0 Å². The smallest absolute Gasteiger partial charge is 0.0659 e. The molecule has 0 spiro atoms. The summed E-state index contributed by atoms with van der Waals surface area (Å²) in [5.74, 6) is 0.586. The molecule has 0 aliphatic heterocycles. The minimum atomic E-state index is 0.586. The van der Waals surface area contributed by atoms with Crippen molar-refractivity contribution in [2.75, 3.05) is 6.54 Å². The molecule has 2 rings (SSSR count). The van der Waals surface area contributed by atoms with Gasteiger partial charge in [-0.15, -0.1) is 0 Å². The number of hydrogen-bond donors (Lipinski definition) is 1. The molecule has 1 aromatic carbocycles. The molecule has 0 aliphatic rings. The normalized spacial score (nSPS) is 11.2. The van der Waals surface area contributed by atoms with Crippen molar-refractivity contribution in [1.29, 1.82) is 0 Å². The summed E-state index contributed by atoms with van der Waals surface area (Å²) in [7, 11) is 0. The quantitative estimate of drug-likeness (QED) is 0.872. The Labute approximate surface area is 122 Å². The molecule has 2 aromatic rings. The van der Waals surface area contributed by atoms with E-state index in [0.717, 1.165) is 25.3 Å². The van der Waals surface area contributed by atoms with Crippen LogP contribution in [0, 0.1) is 6.92 Å². The molecular weight excluding hydrogens is 246 g/mol. The summed E-state index contributed by atoms with van der Waals surface area (Å²) in [6.45, 7) is 11.4. The lowest BCUT2D eigenvalue weighted by Crippen LogP contribution is -2.11. The van der Waals surface area contributed by atoms with Gasteiger partial charge in [-0.1, -0.05) is 45.0 Å². The summed E-state index contributed by atoms with van der Waals surface area (Å²) in [5, 5.41) is 7.94. The van der Waals surface area contributed by atoms with E-state index in [9.17, 15) is 0 Å². The molecule has 20 heavy (non-hydrogen) atoms. The second-order valence-electron chi connectivity index (χ2n) is 5.61. The fraction of sp³-hybridized carbons (Fsp3) is 0.471. The molecule has 1 aromatic heterocycles. The average Bonchev–Trinajstić information content (AvgIpc) is 2.77. The zero-order chi connectivity index (χ0) is 14.5. The van der Waals surface area contributed by atoms with Crippen LogP contribution in [0.25, 0.3) is 0 Å². The molecular formula is C17H25N3. The monoisotopic (exact) mass is 271 g/mol. The van der Waals surface area contributed by atoms with Crippen LogP contribution in [-0.4, -0.2) is 16.3 Å². The largest absolute Gasteiger partial charge is 0.313 e. The van der Waals surface area contributed by atoms with E-state index in [2.05, 4.69) is 68.6 Å². The van der Waals surface area contributed by atoms with Crippen LogP contribution in [0.4, 0.5) is 0 Å². The predicted octanol–water partition coefficient (Wildman–Crippen LogP) is 3.47. The predicted molar refractivity (Wildman–Crippen MR) is 84.0 cm³/mol. The maximum atomic E-state index is 4.59. The molecule has 3 heteroatoms. The Morgan fingerprint density at radius 2 is 1.90 bits per heavy atom. The van der Waals surface area contributed by atoms with Crippen molar-refractivity contribution in [2.24, 2.45) is 0 Å². The maximum absolute atomic E-state index is 4.59. The number of nitrogens with zero attached hydrogens (tertiary/aromatic N) is 2. The lowest BCUT2D eigenvalue weighted by atomic mass is 10.0. The molecule has 0 bridgehead atoms. The van der Waals surface area contributed by atoms with Gasteiger partial charge >= 0.3 is 0 Å². The van der Waals surface area contributed by atoms with Crippen LogP contribution < -0.4 is 5.32 Å². The summed E-state index contributed by atoms with van der Waals surface area (Å²) in [5.41, 5.74) is 5.08. The van der Waals surface area contributed by atoms with Gasteiger partial charge < -0.3 is 5.32 Å². The maximum Gasteiger partial charge on any atom is 0.0659 e. The molecule has 0 saturated heterocycles. The van der Waals surface area contributed by atoms with Crippen LogP contribution in [0.5, 0.6) is 0 Å². The molecule has 0 radical (unpaired) electrons. The van der Waals surface area contributed by atoms with Crippen molar-refractivity contribution >= 4 is 0 Å². The SMILES string of the molecule is CCNCc1cn(Cc2ccc(C(C)C)cc2)nc1C. The Hall–Kier alpha value is -1.61. The number of nitrogens with one attached hydrogen (secondary N) is 1. The van der Waals surface area contributed by atoms with E-state index in [1.54, 1.807) is 0 Å². The highest BCUT2D eigenvalue weighted by Crippen LogP contribution is 2.15. The van der Waals surface area contributed by atoms with Crippen molar-refractivity contribution in [3.05, 3.63) is 52.8 Å². The Kier molecular flexibility index (Phi) is 4.96. The third-order valence-electron chi connectivity index (χ3n) is 3.60. The molecule has 0 fully saturated rings. The van der Waals surface area contributed by atoms with Gasteiger partial charge in [-0.2, -0.15) is 5.10 Å². The van der Waals surface area contributed by atoms with E-state index in [-0.39, 0.29) is 0 Å². The van der Waals surface area contributed by atoms with Crippen LogP contribution in [0.2, 0.25) is 0 Å². The summed E-state index contributed by atoms with van der Waals surface area (Å²) in [6, 6.07) is 8.85. The zero-order valence-corrected chi connectivity index (χ0v) is 13.0.